The number of aromatic nitrogens is 1. The zero-order valence-electron chi connectivity index (χ0n) is 14.3. The SMILES string of the molecule is CNCCN(CCc1ccc(F)cc1)c1cc(-c2cccs2)ccn1. The van der Waals surface area contributed by atoms with E-state index in [1.165, 1.54) is 22.6 Å². The van der Waals surface area contributed by atoms with Crippen molar-refractivity contribution in [2.45, 2.75) is 6.42 Å². The van der Waals surface area contributed by atoms with Crippen molar-refractivity contribution in [2.75, 3.05) is 31.6 Å². The summed E-state index contributed by atoms with van der Waals surface area (Å²) in [5, 5.41) is 5.28. The van der Waals surface area contributed by atoms with Crippen LogP contribution in [0.15, 0.2) is 60.1 Å². The average molecular weight is 355 g/mol. The zero-order valence-corrected chi connectivity index (χ0v) is 15.1. The summed E-state index contributed by atoms with van der Waals surface area (Å²) in [6, 6.07) is 15.1. The van der Waals surface area contributed by atoms with Gasteiger partial charge < -0.3 is 10.2 Å². The molecule has 25 heavy (non-hydrogen) atoms. The molecule has 130 valence electrons. The summed E-state index contributed by atoms with van der Waals surface area (Å²) in [7, 11) is 1.95. The van der Waals surface area contributed by atoms with Crippen LogP contribution in [-0.4, -0.2) is 31.7 Å². The first-order valence-corrected chi connectivity index (χ1v) is 9.28. The third kappa shape index (κ3) is 4.87. The van der Waals surface area contributed by atoms with Gasteiger partial charge in [0.05, 0.1) is 0 Å². The standard InChI is InChI=1S/C20H22FN3S/c1-22-11-13-24(12-9-16-4-6-18(21)7-5-16)20-15-17(8-10-23-20)19-3-2-14-25-19/h2-8,10,14-15,22H,9,11-13H2,1H3. The molecule has 2 aromatic heterocycles. The quantitative estimate of drug-likeness (QED) is 0.656. The first-order chi connectivity index (χ1) is 12.3. The molecule has 3 rings (SSSR count). The predicted octanol–water partition coefficient (Wildman–Crippen LogP) is 4.22. The van der Waals surface area contributed by atoms with Gasteiger partial charge >= 0.3 is 0 Å². The minimum Gasteiger partial charge on any atom is -0.355 e. The van der Waals surface area contributed by atoms with Crippen molar-refractivity contribution >= 4 is 17.2 Å². The maximum absolute atomic E-state index is 13.1. The van der Waals surface area contributed by atoms with Gasteiger partial charge in [-0.15, -0.1) is 11.3 Å². The van der Waals surface area contributed by atoms with Gasteiger partial charge in [0, 0.05) is 30.7 Å². The Kier molecular flexibility index (Phi) is 6.14. The molecule has 0 bridgehead atoms. The van der Waals surface area contributed by atoms with Gasteiger partial charge in [0.15, 0.2) is 0 Å². The molecular formula is C20H22FN3S. The molecule has 0 saturated carbocycles. The highest BCUT2D eigenvalue weighted by Gasteiger charge is 2.10. The second-order valence-electron chi connectivity index (χ2n) is 5.85. The smallest absolute Gasteiger partial charge is 0.129 e. The van der Waals surface area contributed by atoms with Crippen LogP contribution in [0.25, 0.3) is 10.4 Å². The van der Waals surface area contributed by atoms with Crippen LogP contribution in [-0.2, 0) is 6.42 Å². The normalized spacial score (nSPS) is 10.8. The van der Waals surface area contributed by atoms with Crippen LogP contribution in [0.5, 0.6) is 0 Å². The topological polar surface area (TPSA) is 28.2 Å². The van der Waals surface area contributed by atoms with Crippen molar-refractivity contribution in [1.29, 1.82) is 0 Å². The van der Waals surface area contributed by atoms with E-state index in [9.17, 15) is 4.39 Å². The highest BCUT2D eigenvalue weighted by Crippen LogP contribution is 2.27. The predicted molar refractivity (Wildman–Crippen MR) is 104 cm³/mol. The molecule has 1 aromatic carbocycles. The fourth-order valence-corrected chi connectivity index (χ4v) is 3.41. The van der Waals surface area contributed by atoms with E-state index in [2.05, 4.69) is 38.8 Å². The third-order valence-corrected chi connectivity index (χ3v) is 5.01. The maximum Gasteiger partial charge on any atom is 0.129 e. The second-order valence-corrected chi connectivity index (χ2v) is 6.79. The number of halogens is 1. The fourth-order valence-electron chi connectivity index (χ4n) is 2.69. The molecule has 0 amide bonds. The molecule has 0 aliphatic rings. The highest BCUT2D eigenvalue weighted by atomic mass is 32.1. The van der Waals surface area contributed by atoms with Crippen LogP contribution in [0.1, 0.15) is 5.56 Å². The molecule has 3 nitrogen and oxygen atoms in total. The van der Waals surface area contributed by atoms with E-state index in [1.54, 1.807) is 11.3 Å². The van der Waals surface area contributed by atoms with E-state index in [0.717, 1.165) is 37.4 Å². The number of pyridine rings is 1. The molecule has 0 saturated heterocycles. The lowest BCUT2D eigenvalue weighted by atomic mass is 10.1. The third-order valence-electron chi connectivity index (χ3n) is 4.09. The van der Waals surface area contributed by atoms with Crippen molar-refractivity contribution < 1.29 is 4.39 Å². The van der Waals surface area contributed by atoms with E-state index < -0.39 is 0 Å². The first-order valence-electron chi connectivity index (χ1n) is 8.40. The van der Waals surface area contributed by atoms with Gasteiger partial charge in [0.2, 0.25) is 0 Å². The molecule has 0 radical (unpaired) electrons. The number of nitrogens with zero attached hydrogens (tertiary/aromatic N) is 2. The van der Waals surface area contributed by atoms with Crippen molar-refractivity contribution in [3.8, 4) is 10.4 Å². The van der Waals surface area contributed by atoms with Gasteiger partial charge in [-0.25, -0.2) is 9.37 Å². The first kappa shape index (κ1) is 17.6. The Morgan fingerprint density at radius 3 is 2.68 bits per heavy atom. The number of rotatable bonds is 8. The van der Waals surface area contributed by atoms with Crippen molar-refractivity contribution in [3.63, 3.8) is 0 Å². The van der Waals surface area contributed by atoms with Crippen LogP contribution in [0, 0.1) is 5.82 Å². The summed E-state index contributed by atoms with van der Waals surface area (Å²) >= 11 is 1.73. The molecule has 0 aliphatic heterocycles. The minimum absolute atomic E-state index is 0.193. The highest BCUT2D eigenvalue weighted by molar-refractivity contribution is 7.13. The summed E-state index contributed by atoms with van der Waals surface area (Å²) in [4.78, 5) is 8.09. The molecule has 0 aliphatic carbocycles. The van der Waals surface area contributed by atoms with Crippen LogP contribution < -0.4 is 10.2 Å². The largest absolute Gasteiger partial charge is 0.355 e. The van der Waals surface area contributed by atoms with Crippen molar-refractivity contribution in [2.24, 2.45) is 0 Å². The lowest BCUT2D eigenvalue weighted by Gasteiger charge is -2.24. The Bertz CT molecular complexity index is 772. The van der Waals surface area contributed by atoms with Crippen LogP contribution in [0.3, 0.4) is 0 Å². The van der Waals surface area contributed by atoms with Crippen LogP contribution >= 0.6 is 11.3 Å². The number of hydrogen-bond donors (Lipinski definition) is 1. The Morgan fingerprint density at radius 2 is 1.96 bits per heavy atom. The van der Waals surface area contributed by atoms with Gasteiger partial charge in [-0.3, -0.25) is 0 Å². The summed E-state index contributed by atoms with van der Waals surface area (Å²) < 4.78 is 13.1. The molecule has 0 unspecified atom stereocenters. The van der Waals surface area contributed by atoms with E-state index in [0.29, 0.717) is 0 Å². The molecule has 0 atom stereocenters. The minimum atomic E-state index is -0.193. The molecule has 0 fully saturated rings. The Balaban J connectivity index is 1.75. The van der Waals surface area contributed by atoms with Crippen LogP contribution in [0.4, 0.5) is 10.2 Å². The molecule has 5 heteroatoms. The van der Waals surface area contributed by atoms with Crippen molar-refractivity contribution in [3.05, 3.63) is 71.5 Å². The van der Waals surface area contributed by atoms with Gasteiger partial charge in [-0.1, -0.05) is 18.2 Å². The number of thiophene rings is 1. The number of nitrogens with one attached hydrogen (secondary N) is 1. The molecule has 1 N–H and O–H groups in total. The lowest BCUT2D eigenvalue weighted by Crippen LogP contribution is -2.33. The second kappa shape index (κ2) is 8.74. The van der Waals surface area contributed by atoms with Gasteiger partial charge in [-0.2, -0.15) is 0 Å². The molecule has 0 spiro atoms. The van der Waals surface area contributed by atoms with Gasteiger partial charge in [0.1, 0.15) is 11.6 Å². The fraction of sp³-hybridized carbons (Fsp3) is 0.250. The summed E-state index contributed by atoms with van der Waals surface area (Å²) in [5.74, 6) is 0.782. The maximum atomic E-state index is 13.1. The van der Waals surface area contributed by atoms with Crippen LogP contribution in [0.2, 0.25) is 0 Å². The Morgan fingerprint density at radius 1 is 1.12 bits per heavy atom. The molecule has 3 aromatic rings. The average Bonchev–Trinajstić information content (AvgIpc) is 3.18. The summed E-state index contributed by atoms with van der Waals surface area (Å²) in [6.07, 6.45) is 2.73. The molecule has 2 heterocycles. The molecular weight excluding hydrogens is 333 g/mol. The monoisotopic (exact) mass is 355 g/mol. The summed E-state index contributed by atoms with van der Waals surface area (Å²) in [5.41, 5.74) is 2.32. The Hall–Kier alpha value is -2.24. The van der Waals surface area contributed by atoms with Gasteiger partial charge in [-0.05, 0) is 60.3 Å². The number of benzene rings is 1. The summed E-state index contributed by atoms with van der Waals surface area (Å²) in [6.45, 7) is 2.60. The number of hydrogen-bond acceptors (Lipinski definition) is 4. The van der Waals surface area contributed by atoms with E-state index in [1.807, 2.05) is 31.4 Å². The van der Waals surface area contributed by atoms with Gasteiger partial charge in [0.25, 0.3) is 0 Å². The number of likely N-dealkylation sites (N-methyl/N-ethyl adjacent to an activating group) is 1. The van der Waals surface area contributed by atoms with E-state index in [-0.39, 0.29) is 5.82 Å². The van der Waals surface area contributed by atoms with Crippen molar-refractivity contribution in [1.82, 2.24) is 10.3 Å². The Labute approximate surface area is 152 Å². The number of anilines is 1. The van der Waals surface area contributed by atoms with E-state index >= 15 is 0 Å². The van der Waals surface area contributed by atoms with E-state index in [4.69, 9.17) is 0 Å². The lowest BCUT2D eigenvalue weighted by molar-refractivity contribution is 0.626. The zero-order chi connectivity index (χ0) is 17.5.